The van der Waals surface area contributed by atoms with E-state index in [1.54, 1.807) is 12.1 Å². The largest absolute Gasteiger partial charge is 0.205 e. The van der Waals surface area contributed by atoms with Crippen LogP contribution in [-0.2, 0) is 0 Å². The number of allylic oxidation sites excluding steroid dienone is 1. The normalized spacial score (nSPS) is 10.7. The summed E-state index contributed by atoms with van der Waals surface area (Å²) in [5, 5.41) is 0.165. The van der Waals surface area contributed by atoms with Crippen LogP contribution in [0, 0.1) is 11.7 Å². The summed E-state index contributed by atoms with van der Waals surface area (Å²) in [5.41, 5.74) is 1.95. The van der Waals surface area contributed by atoms with Crippen molar-refractivity contribution in [1.29, 1.82) is 0 Å². The molecule has 0 atom stereocenters. The molecule has 0 radical (unpaired) electrons. The molecule has 0 saturated carbocycles. The molecule has 0 aliphatic rings. The lowest BCUT2D eigenvalue weighted by Gasteiger charge is -2.08. The summed E-state index contributed by atoms with van der Waals surface area (Å²) < 4.78 is 12.9. The van der Waals surface area contributed by atoms with Gasteiger partial charge in [0.1, 0.15) is 5.82 Å². The van der Waals surface area contributed by atoms with Gasteiger partial charge in [-0.2, -0.15) is 0 Å². The van der Waals surface area contributed by atoms with E-state index in [4.69, 9.17) is 11.6 Å². The fourth-order valence-corrected chi connectivity index (χ4v) is 1.50. The molecule has 0 bridgehead atoms. The minimum absolute atomic E-state index is 0.165. The first kappa shape index (κ1) is 12.3. The zero-order valence-corrected chi connectivity index (χ0v) is 9.94. The molecule has 0 spiro atoms. The van der Waals surface area contributed by atoms with Gasteiger partial charge in [0.15, 0.2) is 0 Å². The zero-order chi connectivity index (χ0) is 11.4. The maximum atomic E-state index is 12.9. The number of benzene rings is 1. The van der Waals surface area contributed by atoms with Crippen molar-refractivity contribution in [2.45, 2.75) is 26.7 Å². The van der Waals surface area contributed by atoms with E-state index >= 15 is 0 Å². The van der Waals surface area contributed by atoms with Gasteiger partial charge < -0.3 is 0 Å². The molecule has 0 fully saturated rings. The van der Waals surface area contributed by atoms with Crippen molar-refractivity contribution < 1.29 is 4.39 Å². The van der Waals surface area contributed by atoms with Crippen molar-refractivity contribution >= 4 is 17.2 Å². The molecule has 82 valence electrons. The lowest BCUT2D eigenvalue weighted by Crippen LogP contribution is -1.90. The van der Waals surface area contributed by atoms with Crippen molar-refractivity contribution in [2.75, 3.05) is 0 Å². The van der Waals surface area contributed by atoms with Crippen molar-refractivity contribution in [3.8, 4) is 0 Å². The quantitative estimate of drug-likeness (QED) is 0.683. The molecule has 1 rings (SSSR count). The second-order valence-electron chi connectivity index (χ2n) is 4.16. The molecule has 0 amide bonds. The smallest absolute Gasteiger partial charge is 0.141 e. The maximum absolute atomic E-state index is 12.9. The van der Waals surface area contributed by atoms with Gasteiger partial charge in [-0.05, 0) is 42.0 Å². The summed E-state index contributed by atoms with van der Waals surface area (Å²) in [6.07, 6.45) is 2.02. The highest BCUT2D eigenvalue weighted by Crippen LogP contribution is 2.24. The van der Waals surface area contributed by atoms with Crippen LogP contribution in [-0.4, -0.2) is 0 Å². The molecular formula is C13H16ClF. The van der Waals surface area contributed by atoms with Gasteiger partial charge in [0.25, 0.3) is 0 Å². The first-order valence-corrected chi connectivity index (χ1v) is 5.51. The predicted molar refractivity (Wildman–Crippen MR) is 64.5 cm³/mol. The predicted octanol–water partition coefficient (Wildman–Crippen LogP) is 4.93. The van der Waals surface area contributed by atoms with Crippen molar-refractivity contribution in [2.24, 2.45) is 5.92 Å². The van der Waals surface area contributed by atoms with Gasteiger partial charge in [-0.3, -0.25) is 0 Å². The van der Waals surface area contributed by atoms with Gasteiger partial charge in [0.05, 0.1) is 5.02 Å². The average molecular weight is 227 g/mol. The number of hydrogen-bond donors (Lipinski definition) is 0. The first-order valence-electron chi connectivity index (χ1n) is 5.14. The minimum Gasteiger partial charge on any atom is -0.205 e. The van der Waals surface area contributed by atoms with E-state index in [1.165, 1.54) is 6.07 Å². The highest BCUT2D eigenvalue weighted by Gasteiger charge is 2.04. The molecule has 0 unspecified atom stereocenters. The van der Waals surface area contributed by atoms with Crippen LogP contribution in [0.25, 0.3) is 5.57 Å². The van der Waals surface area contributed by atoms with Crippen LogP contribution in [0.4, 0.5) is 4.39 Å². The Kier molecular flexibility index (Phi) is 4.34. The molecule has 1 aromatic carbocycles. The SMILES string of the molecule is C=C(CCC(C)C)c1ccc(F)c(Cl)c1. The molecule has 0 heterocycles. The Hall–Kier alpha value is -0.820. The number of halogens is 2. The van der Waals surface area contributed by atoms with Crippen molar-refractivity contribution in [3.63, 3.8) is 0 Å². The topological polar surface area (TPSA) is 0 Å². The summed E-state index contributed by atoms with van der Waals surface area (Å²) in [4.78, 5) is 0. The maximum Gasteiger partial charge on any atom is 0.141 e. The minimum atomic E-state index is -0.378. The fourth-order valence-electron chi connectivity index (χ4n) is 1.32. The highest BCUT2D eigenvalue weighted by molar-refractivity contribution is 6.30. The summed E-state index contributed by atoms with van der Waals surface area (Å²) in [5.74, 6) is 0.273. The fraction of sp³-hybridized carbons (Fsp3) is 0.385. The van der Waals surface area contributed by atoms with E-state index in [2.05, 4.69) is 20.4 Å². The second kappa shape index (κ2) is 5.32. The Balaban J connectivity index is 2.70. The third kappa shape index (κ3) is 3.67. The molecule has 0 N–H and O–H groups in total. The molecule has 0 aliphatic carbocycles. The monoisotopic (exact) mass is 226 g/mol. The molecule has 0 saturated heterocycles. The average Bonchev–Trinajstić information content (AvgIpc) is 2.18. The van der Waals surface area contributed by atoms with E-state index in [1.807, 2.05) is 0 Å². The van der Waals surface area contributed by atoms with Crippen LogP contribution in [0.1, 0.15) is 32.3 Å². The van der Waals surface area contributed by atoms with Gasteiger partial charge in [-0.25, -0.2) is 4.39 Å². The van der Waals surface area contributed by atoms with Gasteiger partial charge in [-0.15, -0.1) is 0 Å². The highest BCUT2D eigenvalue weighted by atomic mass is 35.5. The summed E-state index contributed by atoms with van der Waals surface area (Å²) in [6, 6.07) is 4.75. The van der Waals surface area contributed by atoms with Crippen molar-refractivity contribution in [3.05, 3.63) is 41.2 Å². The van der Waals surface area contributed by atoms with Crippen LogP contribution in [0.3, 0.4) is 0 Å². The lowest BCUT2D eigenvalue weighted by molar-refractivity contribution is 0.599. The summed E-state index contributed by atoms with van der Waals surface area (Å²) in [6.45, 7) is 8.33. The Morgan fingerprint density at radius 1 is 1.47 bits per heavy atom. The van der Waals surface area contributed by atoms with Crippen molar-refractivity contribution in [1.82, 2.24) is 0 Å². The van der Waals surface area contributed by atoms with Gasteiger partial charge in [0, 0.05) is 0 Å². The van der Waals surface area contributed by atoms with Gasteiger partial charge >= 0.3 is 0 Å². The van der Waals surface area contributed by atoms with E-state index in [0.29, 0.717) is 5.92 Å². The van der Waals surface area contributed by atoms with E-state index in [-0.39, 0.29) is 10.8 Å². The van der Waals surface area contributed by atoms with E-state index in [9.17, 15) is 4.39 Å². The second-order valence-corrected chi connectivity index (χ2v) is 4.57. The zero-order valence-electron chi connectivity index (χ0n) is 9.19. The van der Waals surface area contributed by atoms with Gasteiger partial charge in [0.2, 0.25) is 0 Å². The van der Waals surface area contributed by atoms with Crippen LogP contribution in [0.5, 0.6) is 0 Å². The third-order valence-corrected chi connectivity index (χ3v) is 2.64. The molecule has 0 aromatic heterocycles. The molecule has 1 aromatic rings. The Morgan fingerprint density at radius 2 is 2.13 bits per heavy atom. The van der Waals surface area contributed by atoms with Crippen LogP contribution in [0.2, 0.25) is 5.02 Å². The molecule has 0 nitrogen and oxygen atoms in total. The van der Waals surface area contributed by atoms with Crippen LogP contribution in [0.15, 0.2) is 24.8 Å². The van der Waals surface area contributed by atoms with Crippen LogP contribution >= 0.6 is 11.6 Å². The Bertz CT molecular complexity index is 356. The summed E-state index contributed by atoms with van der Waals surface area (Å²) >= 11 is 5.70. The lowest BCUT2D eigenvalue weighted by atomic mass is 9.98. The Morgan fingerprint density at radius 3 is 2.67 bits per heavy atom. The first-order chi connectivity index (χ1) is 7.00. The number of rotatable bonds is 4. The van der Waals surface area contributed by atoms with Crippen LogP contribution < -0.4 is 0 Å². The Labute approximate surface area is 95.8 Å². The molecule has 15 heavy (non-hydrogen) atoms. The summed E-state index contributed by atoms with van der Waals surface area (Å²) in [7, 11) is 0. The molecular weight excluding hydrogens is 211 g/mol. The van der Waals surface area contributed by atoms with E-state index < -0.39 is 0 Å². The van der Waals surface area contributed by atoms with Gasteiger partial charge in [-0.1, -0.05) is 38.1 Å². The van der Waals surface area contributed by atoms with E-state index in [0.717, 1.165) is 24.0 Å². The number of hydrogen-bond acceptors (Lipinski definition) is 0. The molecule has 0 aliphatic heterocycles. The standard InChI is InChI=1S/C13H16ClF/c1-9(2)4-5-10(3)11-6-7-13(15)12(14)8-11/h6-9H,3-5H2,1-2H3. The third-order valence-electron chi connectivity index (χ3n) is 2.35. The molecule has 2 heteroatoms.